The van der Waals surface area contributed by atoms with Crippen LogP contribution < -0.4 is 5.32 Å². The smallest absolute Gasteiger partial charge is 0.311 e. The van der Waals surface area contributed by atoms with Gasteiger partial charge in [0.1, 0.15) is 0 Å². The Hall–Kier alpha value is -1.54. The van der Waals surface area contributed by atoms with E-state index in [9.17, 15) is 18.4 Å². The molecule has 1 N–H and O–H groups in total. The van der Waals surface area contributed by atoms with Crippen LogP contribution in [0.2, 0.25) is 0 Å². The summed E-state index contributed by atoms with van der Waals surface area (Å²) in [5.41, 5.74) is 0.403. The highest BCUT2D eigenvalue weighted by atomic mass is 19.4. The highest BCUT2D eigenvalue weighted by molar-refractivity contribution is 5.36. The van der Waals surface area contributed by atoms with Gasteiger partial charge in [-0.1, -0.05) is 30.3 Å². The highest BCUT2D eigenvalue weighted by Crippen LogP contribution is 2.43. The van der Waals surface area contributed by atoms with E-state index in [-0.39, 0.29) is 6.04 Å². The van der Waals surface area contributed by atoms with Gasteiger partial charge >= 0.3 is 6.18 Å². The first-order valence-corrected chi connectivity index (χ1v) is 6.64. The summed E-state index contributed by atoms with van der Waals surface area (Å²) in [5, 5.41) is 12.3. The van der Waals surface area contributed by atoms with Crippen LogP contribution in [0, 0.1) is 11.3 Å². The molecule has 1 saturated carbocycles. The van der Waals surface area contributed by atoms with Crippen LogP contribution in [0.3, 0.4) is 0 Å². The molecule has 1 atom stereocenters. The van der Waals surface area contributed by atoms with Crippen molar-refractivity contribution in [2.45, 2.75) is 49.9 Å². The van der Waals surface area contributed by atoms with Crippen molar-refractivity contribution < 1.29 is 13.2 Å². The number of hydrogen-bond acceptors (Lipinski definition) is 2. The largest absolute Gasteiger partial charge is 0.390 e. The van der Waals surface area contributed by atoms with Crippen LogP contribution in [0.4, 0.5) is 13.2 Å². The van der Waals surface area contributed by atoms with Crippen molar-refractivity contribution >= 4 is 0 Å². The second kappa shape index (κ2) is 5.45. The van der Waals surface area contributed by atoms with E-state index in [1.54, 1.807) is 0 Å². The monoisotopic (exact) mass is 282 g/mol. The first kappa shape index (κ1) is 14.9. The number of halogens is 3. The molecule has 1 aromatic rings. The highest BCUT2D eigenvalue weighted by Gasteiger charge is 2.46. The molecule has 1 fully saturated rings. The van der Waals surface area contributed by atoms with E-state index in [1.165, 1.54) is 6.92 Å². The predicted molar refractivity (Wildman–Crippen MR) is 70.0 cm³/mol. The minimum atomic E-state index is -4.15. The molecule has 0 bridgehead atoms. The summed E-state index contributed by atoms with van der Waals surface area (Å²) in [6.07, 6.45) is -3.86. The summed E-state index contributed by atoms with van der Waals surface area (Å²) >= 11 is 0. The second-order valence-corrected chi connectivity index (χ2v) is 5.55. The van der Waals surface area contributed by atoms with Gasteiger partial charge in [-0.15, -0.1) is 0 Å². The first-order valence-electron chi connectivity index (χ1n) is 6.64. The Bertz CT molecular complexity index is 484. The van der Waals surface area contributed by atoms with Crippen molar-refractivity contribution in [3.8, 4) is 6.07 Å². The Labute approximate surface area is 116 Å². The summed E-state index contributed by atoms with van der Waals surface area (Å²) in [6, 6.07) is 11.1. The Morgan fingerprint density at radius 1 is 1.35 bits per heavy atom. The molecule has 1 unspecified atom stereocenters. The zero-order chi connectivity index (χ0) is 14.8. The number of nitrogens with zero attached hydrogens (tertiary/aromatic N) is 1. The van der Waals surface area contributed by atoms with Gasteiger partial charge in [0.15, 0.2) is 0 Å². The molecular formula is C15H17F3N2. The van der Waals surface area contributed by atoms with E-state index in [1.807, 2.05) is 30.3 Å². The van der Waals surface area contributed by atoms with Gasteiger partial charge < -0.3 is 5.32 Å². The molecule has 1 aliphatic rings. The molecule has 108 valence electrons. The van der Waals surface area contributed by atoms with Crippen molar-refractivity contribution in [3.63, 3.8) is 0 Å². The number of rotatable bonds is 4. The lowest BCUT2D eigenvalue weighted by Crippen LogP contribution is -2.53. The van der Waals surface area contributed by atoms with Gasteiger partial charge in [-0.3, -0.25) is 0 Å². The van der Waals surface area contributed by atoms with Crippen LogP contribution in [-0.2, 0) is 5.41 Å². The molecule has 5 heteroatoms. The van der Waals surface area contributed by atoms with Crippen molar-refractivity contribution in [1.29, 1.82) is 5.26 Å². The van der Waals surface area contributed by atoms with Crippen molar-refractivity contribution in [3.05, 3.63) is 35.9 Å². The minimum absolute atomic E-state index is 0.0211. The fraction of sp³-hybridized carbons (Fsp3) is 0.533. The molecule has 0 spiro atoms. The van der Waals surface area contributed by atoms with Crippen LogP contribution >= 0.6 is 0 Å². The van der Waals surface area contributed by atoms with Crippen LogP contribution in [0.25, 0.3) is 0 Å². The number of alkyl halides is 3. The Morgan fingerprint density at radius 2 is 1.95 bits per heavy atom. The van der Waals surface area contributed by atoms with Crippen LogP contribution in [0.15, 0.2) is 30.3 Å². The van der Waals surface area contributed by atoms with Gasteiger partial charge in [0.25, 0.3) is 0 Å². The summed E-state index contributed by atoms with van der Waals surface area (Å²) in [5.74, 6) is 0. The molecule has 2 nitrogen and oxygen atoms in total. The van der Waals surface area contributed by atoms with Crippen LogP contribution in [0.5, 0.6) is 0 Å². The van der Waals surface area contributed by atoms with Gasteiger partial charge in [0, 0.05) is 12.1 Å². The molecule has 0 aliphatic heterocycles. The Morgan fingerprint density at radius 3 is 2.45 bits per heavy atom. The van der Waals surface area contributed by atoms with E-state index in [2.05, 4.69) is 11.4 Å². The van der Waals surface area contributed by atoms with Crippen molar-refractivity contribution in [2.75, 3.05) is 0 Å². The number of hydrogen-bond donors (Lipinski definition) is 1. The molecule has 0 heterocycles. The third-order valence-corrected chi connectivity index (χ3v) is 3.79. The first-order chi connectivity index (χ1) is 9.35. The van der Waals surface area contributed by atoms with Crippen LogP contribution in [-0.4, -0.2) is 18.3 Å². The quantitative estimate of drug-likeness (QED) is 0.916. The minimum Gasteiger partial charge on any atom is -0.311 e. The van der Waals surface area contributed by atoms with Gasteiger partial charge in [0.2, 0.25) is 0 Å². The number of nitriles is 1. The van der Waals surface area contributed by atoms with E-state index in [0.29, 0.717) is 12.8 Å². The van der Waals surface area contributed by atoms with Gasteiger partial charge in [-0.05, 0) is 25.3 Å². The predicted octanol–water partition coefficient (Wildman–Crippen LogP) is 3.54. The zero-order valence-corrected chi connectivity index (χ0v) is 11.2. The summed E-state index contributed by atoms with van der Waals surface area (Å²) < 4.78 is 36.8. The molecule has 0 amide bonds. The van der Waals surface area contributed by atoms with E-state index < -0.39 is 24.1 Å². The molecular weight excluding hydrogens is 265 g/mol. The third kappa shape index (κ3) is 3.31. The van der Waals surface area contributed by atoms with E-state index in [4.69, 9.17) is 0 Å². The zero-order valence-electron chi connectivity index (χ0n) is 11.2. The Balaban J connectivity index is 1.91. The van der Waals surface area contributed by atoms with Crippen molar-refractivity contribution in [2.24, 2.45) is 0 Å². The molecule has 20 heavy (non-hydrogen) atoms. The maximum atomic E-state index is 12.3. The lowest BCUT2D eigenvalue weighted by Gasteiger charge is -2.44. The molecule has 0 radical (unpaired) electrons. The normalized spacial score (nSPS) is 27.4. The fourth-order valence-electron chi connectivity index (χ4n) is 2.86. The molecule has 1 aliphatic carbocycles. The summed E-state index contributed by atoms with van der Waals surface area (Å²) in [6.45, 7) is 1.53. The fourth-order valence-corrected chi connectivity index (χ4v) is 2.86. The van der Waals surface area contributed by atoms with Crippen molar-refractivity contribution in [1.82, 2.24) is 5.32 Å². The van der Waals surface area contributed by atoms with E-state index >= 15 is 0 Å². The molecule has 2 rings (SSSR count). The summed E-state index contributed by atoms with van der Waals surface area (Å²) in [7, 11) is 0. The second-order valence-electron chi connectivity index (χ2n) is 5.55. The lowest BCUT2D eigenvalue weighted by molar-refractivity contribution is -0.139. The molecule has 1 aromatic carbocycles. The third-order valence-electron chi connectivity index (χ3n) is 3.79. The van der Waals surface area contributed by atoms with Gasteiger partial charge in [-0.2, -0.15) is 18.4 Å². The maximum absolute atomic E-state index is 12.3. The van der Waals surface area contributed by atoms with E-state index in [0.717, 1.165) is 5.56 Å². The molecule has 0 saturated heterocycles. The van der Waals surface area contributed by atoms with Gasteiger partial charge in [-0.25, -0.2) is 0 Å². The average Bonchev–Trinajstić information content (AvgIpc) is 2.32. The average molecular weight is 282 g/mol. The number of benzene rings is 1. The SMILES string of the molecule is CC(CC(F)(F)F)NC1CC(C#N)(c2ccccc2)C1. The lowest BCUT2D eigenvalue weighted by atomic mass is 9.62. The molecule has 0 aromatic heterocycles. The topological polar surface area (TPSA) is 35.8 Å². The maximum Gasteiger partial charge on any atom is 0.390 e. The number of nitrogens with one attached hydrogen (secondary N) is 1. The standard InChI is InChI=1S/C15H17F3N2/c1-11(7-15(16,17)18)20-13-8-14(9-13,10-19)12-5-3-2-4-6-12/h2-6,11,13,20H,7-9H2,1H3. The van der Waals surface area contributed by atoms with Gasteiger partial charge in [0.05, 0.1) is 17.9 Å². The summed E-state index contributed by atoms with van der Waals surface area (Å²) in [4.78, 5) is 0. The Kier molecular flexibility index (Phi) is 4.05. The van der Waals surface area contributed by atoms with Crippen LogP contribution in [0.1, 0.15) is 31.7 Å².